The Morgan fingerprint density at radius 2 is 1.59 bits per heavy atom. The summed E-state index contributed by atoms with van der Waals surface area (Å²) in [6.07, 6.45) is 4.88. The molecule has 5 rings (SSSR count). The molecule has 0 aliphatic heterocycles. The second-order valence-electron chi connectivity index (χ2n) is 13.2. The van der Waals surface area contributed by atoms with Crippen LogP contribution in [0.25, 0.3) is 11.5 Å². The molecule has 1 N–H and O–H groups in total. The first kappa shape index (κ1) is 35.9. The molecule has 0 bridgehead atoms. The van der Waals surface area contributed by atoms with Crippen molar-refractivity contribution in [2.45, 2.75) is 57.2 Å². The first-order valence-corrected chi connectivity index (χ1v) is 21.2. The minimum atomic E-state index is -4.68. The molecule has 5 aromatic rings. The Morgan fingerprint density at radius 3 is 2.22 bits per heavy atom. The van der Waals surface area contributed by atoms with Crippen molar-refractivity contribution < 1.29 is 26.8 Å². The summed E-state index contributed by atoms with van der Waals surface area (Å²) in [5, 5.41) is 3.19. The maximum atomic E-state index is 13.9. The Hall–Kier alpha value is -4.43. The van der Waals surface area contributed by atoms with E-state index in [1.807, 2.05) is 60.7 Å². The van der Waals surface area contributed by atoms with Crippen molar-refractivity contribution in [2.24, 2.45) is 5.92 Å². The van der Waals surface area contributed by atoms with E-state index in [0.29, 0.717) is 6.61 Å². The molecule has 2 heterocycles. The Morgan fingerprint density at radius 1 is 0.939 bits per heavy atom. The van der Waals surface area contributed by atoms with Gasteiger partial charge in [-0.15, -0.1) is 0 Å². The van der Waals surface area contributed by atoms with Gasteiger partial charge >= 0.3 is 0 Å². The summed E-state index contributed by atoms with van der Waals surface area (Å²) in [5.74, 6) is -1.05. The van der Waals surface area contributed by atoms with Gasteiger partial charge in [0.2, 0.25) is 0 Å². The number of rotatable bonds is 16. The highest BCUT2D eigenvalue weighted by atomic mass is 32.2. The summed E-state index contributed by atoms with van der Waals surface area (Å²) in [7, 11) is -6.02. The topological polar surface area (TPSA) is 126 Å². The maximum Gasteiger partial charge on any atom is 0.272 e. The molecule has 0 fully saturated rings. The zero-order valence-electron chi connectivity index (χ0n) is 27.8. The molecule has 0 aliphatic carbocycles. The van der Waals surface area contributed by atoms with Crippen LogP contribution in [-0.2, 0) is 41.2 Å². The van der Waals surface area contributed by atoms with Gasteiger partial charge in [0, 0.05) is 39.5 Å². The quantitative estimate of drug-likeness (QED) is 0.0690. The number of hydrogen-bond donors (Lipinski definition) is 1. The monoisotopic (exact) mass is 704 g/mol. The van der Waals surface area contributed by atoms with Crippen LogP contribution in [0.3, 0.4) is 0 Å². The van der Waals surface area contributed by atoms with Crippen LogP contribution in [0.5, 0.6) is 5.75 Å². The van der Waals surface area contributed by atoms with Crippen molar-refractivity contribution in [1.29, 1.82) is 0 Å². The number of halogens is 1. The van der Waals surface area contributed by atoms with E-state index in [4.69, 9.17) is 9.47 Å². The van der Waals surface area contributed by atoms with E-state index in [-0.39, 0.29) is 49.1 Å². The van der Waals surface area contributed by atoms with Gasteiger partial charge in [0.1, 0.15) is 24.4 Å². The third-order valence-electron chi connectivity index (χ3n) is 8.04. The molecular weight excluding hydrogens is 664 g/mol. The third-order valence-corrected chi connectivity index (χ3v) is 11.0. The molecule has 0 spiro atoms. The van der Waals surface area contributed by atoms with Gasteiger partial charge in [-0.3, -0.25) is 9.35 Å². The normalized spacial score (nSPS) is 13.2. The van der Waals surface area contributed by atoms with Crippen molar-refractivity contribution in [3.63, 3.8) is 0 Å². The molecule has 3 aromatic carbocycles. The first-order chi connectivity index (χ1) is 23.4. The number of nitrogens with zero attached hydrogens (tertiary/aromatic N) is 4. The Balaban J connectivity index is 1.53. The smallest absolute Gasteiger partial charge is 0.272 e. The van der Waals surface area contributed by atoms with E-state index >= 15 is 0 Å². The van der Waals surface area contributed by atoms with Gasteiger partial charge in [0.05, 0.1) is 6.20 Å². The van der Waals surface area contributed by atoms with Crippen LogP contribution in [0.4, 0.5) is 4.39 Å². The molecule has 0 amide bonds. The van der Waals surface area contributed by atoms with Gasteiger partial charge in [-0.25, -0.2) is 14.1 Å². The van der Waals surface area contributed by atoms with E-state index in [0.717, 1.165) is 29.3 Å². The molecule has 0 saturated heterocycles. The predicted octanol–water partition coefficient (Wildman–Crippen LogP) is 6.63. The minimum absolute atomic E-state index is 0.00648. The number of benzene rings is 3. The number of hydrogen-bond acceptors (Lipinski definition) is 7. The standard InChI is InChI=1S/C36H41FN4O6SSi/c1-49(2,3)21-20-46-26-41-24-32(47-25-28-12-8-5-9-13-28)34(42)33(39-41)36-38-18-19-40(36)23-30(22-27-10-6-4-7-11-27)35(48(43,44)45)29-14-16-31(37)17-15-29/h4-19,24,30,35H,20-23,25-26H2,1-3H3,(H,43,44,45). The van der Waals surface area contributed by atoms with Gasteiger partial charge in [-0.05, 0) is 41.3 Å². The summed E-state index contributed by atoms with van der Waals surface area (Å²) >= 11 is 0. The van der Waals surface area contributed by atoms with Crippen molar-refractivity contribution >= 4 is 18.2 Å². The lowest BCUT2D eigenvalue weighted by molar-refractivity contribution is 0.0766. The molecule has 0 radical (unpaired) electrons. The average Bonchev–Trinajstić information content (AvgIpc) is 3.51. The molecule has 0 saturated carbocycles. The highest BCUT2D eigenvalue weighted by Gasteiger charge is 2.35. The van der Waals surface area contributed by atoms with E-state index in [1.54, 1.807) is 10.8 Å². The first-order valence-electron chi connectivity index (χ1n) is 16.0. The van der Waals surface area contributed by atoms with Gasteiger partial charge < -0.3 is 14.0 Å². The van der Waals surface area contributed by atoms with Gasteiger partial charge in [0.25, 0.3) is 15.5 Å². The summed E-state index contributed by atoms with van der Waals surface area (Å²) in [6, 6.07) is 24.7. The zero-order chi connectivity index (χ0) is 35.0. The largest absolute Gasteiger partial charge is 0.483 e. The fourth-order valence-corrected chi connectivity index (χ4v) is 7.48. The lowest BCUT2D eigenvalue weighted by Crippen LogP contribution is -2.28. The second kappa shape index (κ2) is 15.9. The lowest BCUT2D eigenvalue weighted by atomic mass is 9.91. The van der Waals surface area contributed by atoms with Crippen LogP contribution in [0, 0.1) is 11.7 Å². The van der Waals surface area contributed by atoms with Crippen molar-refractivity contribution in [3.8, 4) is 17.3 Å². The fourth-order valence-electron chi connectivity index (χ4n) is 5.55. The molecule has 2 aromatic heterocycles. The summed E-state index contributed by atoms with van der Waals surface area (Å²) in [6.45, 7) is 7.56. The molecule has 0 aliphatic rings. The van der Waals surface area contributed by atoms with Crippen LogP contribution >= 0.6 is 0 Å². The van der Waals surface area contributed by atoms with Crippen molar-refractivity contribution in [3.05, 3.63) is 136 Å². The number of ether oxygens (including phenoxy) is 2. The number of aromatic nitrogens is 4. The summed E-state index contributed by atoms with van der Waals surface area (Å²) in [5.41, 5.74) is 1.44. The third kappa shape index (κ3) is 10.0. The molecule has 13 heteroatoms. The lowest BCUT2D eigenvalue weighted by Gasteiger charge is -2.26. The SMILES string of the molecule is C[Si](C)(C)CCOCn1cc(OCc2ccccc2)c(=O)c(-c2nccn2CC(Cc2ccccc2)C(c2ccc(F)cc2)S(=O)(=O)O)n1. The summed E-state index contributed by atoms with van der Waals surface area (Å²) in [4.78, 5) is 18.4. The van der Waals surface area contributed by atoms with Crippen molar-refractivity contribution in [2.75, 3.05) is 6.61 Å². The number of imidazole rings is 1. The van der Waals surface area contributed by atoms with Crippen LogP contribution in [0.15, 0.2) is 108 Å². The highest BCUT2D eigenvalue weighted by molar-refractivity contribution is 7.86. The van der Waals surface area contributed by atoms with Crippen molar-refractivity contribution in [1.82, 2.24) is 19.3 Å². The van der Waals surface area contributed by atoms with Gasteiger partial charge in [-0.1, -0.05) is 92.4 Å². The van der Waals surface area contributed by atoms with E-state index in [2.05, 4.69) is 29.7 Å². The highest BCUT2D eigenvalue weighted by Crippen LogP contribution is 2.34. The molecule has 258 valence electrons. The van der Waals surface area contributed by atoms with Crippen LogP contribution in [0.2, 0.25) is 25.7 Å². The minimum Gasteiger partial charge on any atom is -0.483 e. The van der Waals surface area contributed by atoms with Gasteiger partial charge in [0.15, 0.2) is 17.3 Å². The molecular formula is C36H41FN4O6SSi. The molecule has 2 unspecified atom stereocenters. The van der Waals surface area contributed by atoms with E-state index in [1.165, 1.54) is 29.2 Å². The Bertz CT molecular complexity index is 1980. The Labute approximate surface area is 286 Å². The van der Waals surface area contributed by atoms with Crippen LogP contribution in [-0.4, -0.2) is 47.0 Å². The van der Waals surface area contributed by atoms with Crippen LogP contribution < -0.4 is 10.2 Å². The van der Waals surface area contributed by atoms with E-state index < -0.39 is 40.6 Å². The Kier molecular flexibility index (Phi) is 11.6. The second-order valence-corrected chi connectivity index (χ2v) is 20.3. The predicted molar refractivity (Wildman–Crippen MR) is 189 cm³/mol. The molecule has 49 heavy (non-hydrogen) atoms. The summed E-state index contributed by atoms with van der Waals surface area (Å²) < 4.78 is 65.5. The van der Waals surface area contributed by atoms with E-state index in [9.17, 15) is 22.2 Å². The zero-order valence-corrected chi connectivity index (χ0v) is 29.6. The average molecular weight is 705 g/mol. The molecule has 10 nitrogen and oxygen atoms in total. The fraction of sp³-hybridized carbons (Fsp3) is 0.306. The molecule has 2 atom stereocenters. The van der Waals surface area contributed by atoms with Gasteiger partial charge in [-0.2, -0.15) is 13.5 Å². The van der Waals surface area contributed by atoms with Crippen LogP contribution in [0.1, 0.15) is 21.9 Å². The maximum absolute atomic E-state index is 13.9.